The molecule has 0 aromatic heterocycles. The van der Waals surface area contributed by atoms with Gasteiger partial charge in [0.1, 0.15) is 6.04 Å². The zero-order chi connectivity index (χ0) is 18.0. The first-order chi connectivity index (χ1) is 10.6. The first-order valence-electron chi connectivity index (χ1n) is 7.68. The van der Waals surface area contributed by atoms with Crippen molar-refractivity contribution in [3.05, 3.63) is 0 Å². The predicted molar refractivity (Wildman–Crippen MR) is 84.6 cm³/mol. The number of hydrogen-bond acceptors (Lipinski definition) is 4. The number of amides is 3. The van der Waals surface area contributed by atoms with Crippen molar-refractivity contribution in [2.45, 2.75) is 46.6 Å². The van der Waals surface area contributed by atoms with Crippen molar-refractivity contribution in [3.63, 3.8) is 0 Å². The number of nitrogens with one attached hydrogen (secondary N) is 2. The van der Waals surface area contributed by atoms with E-state index in [4.69, 9.17) is 5.11 Å². The van der Waals surface area contributed by atoms with E-state index in [0.717, 1.165) is 0 Å². The Balaban J connectivity index is 4.46. The third-order valence-corrected chi connectivity index (χ3v) is 3.13. The topological polar surface area (TPSA) is 116 Å². The quantitative estimate of drug-likeness (QED) is 0.521. The normalized spacial score (nSPS) is 11.7. The Kier molecular flexibility index (Phi) is 9.60. The van der Waals surface area contributed by atoms with Gasteiger partial charge in [0.15, 0.2) is 0 Å². The van der Waals surface area contributed by atoms with E-state index in [1.54, 1.807) is 0 Å². The smallest absolute Gasteiger partial charge is 0.326 e. The van der Waals surface area contributed by atoms with Gasteiger partial charge in [0.25, 0.3) is 0 Å². The molecule has 0 aliphatic heterocycles. The SMILES string of the molecule is CC(=O)NCCN(C(=O)CCNC(=O)CC(C)C)C(C)C(=O)O. The lowest BCUT2D eigenvalue weighted by Gasteiger charge is -2.26. The number of hydrogen-bond donors (Lipinski definition) is 3. The van der Waals surface area contributed by atoms with Crippen molar-refractivity contribution in [1.29, 1.82) is 0 Å². The highest BCUT2D eigenvalue weighted by molar-refractivity contribution is 5.84. The van der Waals surface area contributed by atoms with Crippen molar-refractivity contribution in [3.8, 4) is 0 Å². The highest BCUT2D eigenvalue weighted by Gasteiger charge is 2.24. The van der Waals surface area contributed by atoms with Crippen molar-refractivity contribution in [2.24, 2.45) is 5.92 Å². The van der Waals surface area contributed by atoms with Gasteiger partial charge < -0.3 is 20.6 Å². The van der Waals surface area contributed by atoms with E-state index in [1.165, 1.54) is 18.7 Å². The van der Waals surface area contributed by atoms with Gasteiger partial charge in [-0.2, -0.15) is 0 Å². The Bertz CT molecular complexity index is 437. The predicted octanol–water partition coefficient (Wildman–Crippen LogP) is -0.0234. The van der Waals surface area contributed by atoms with Crippen LogP contribution in [-0.4, -0.2) is 59.4 Å². The number of aliphatic carboxylic acids is 1. The van der Waals surface area contributed by atoms with E-state index in [9.17, 15) is 19.2 Å². The lowest BCUT2D eigenvalue weighted by molar-refractivity contribution is -0.149. The molecule has 0 spiro atoms. The minimum atomic E-state index is -1.12. The van der Waals surface area contributed by atoms with Gasteiger partial charge in [-0.3, -0.25) is 14.4 Å². The van der Waals surface area contributed by atoms with Crippen LogP contribution in [0.25, 0.3) is 0 Å². The van der Waals surface area contributed by atoms with Crippen molar-refractivity contribution >= 4 is 23.7 Å². The molecule has 0 aliphatic rings. The Morgan fingerprint density at radius 1 is 1.04 bits per heavy atom. The Hall–Kier alpha value is -2.12. The number of nitrogens with zero attached hydrogens (tertiary/aromatic N) is 1. The van der Waals surface area contributed by atoms with E-state index in [1.807, 2.05) is 13.8 Å². The molecule has 1 atom stereocenters. The minimum Gasteiger partial charge on any atom is -0.480 e. The second-order valence-corrected chi connectivity index (χ2v) is 5.78. The van der Waals surface area contributed by atoms with Crippen molar-refractivity contribution in [1.82, 2.24) is 15.5 Å². The fourth-order valence-electron chi connectivity index (χ4n) is 1.92. The average molecular weight is 329 g/mol. The molecule has 0 aromatic carbocycles. The molecular weight excluding hydrogens is 302 g/mol. The number of carbonyl (C=O) groups excluding carboxylic acids is 3. The Labute approximate surface area is 136 Å². The maximum absolute atomic E-state index is 12.2. The largest absolute Gasteiger partial charge is 0.480 e. The van der Waals surface area contributed by atoms with Gasteiger partial charge in [-0.15, -0.1) is 0 Å². The number of carboxylic acids is 1. The molecule has 0 rings (SSSR count). The number of rotatable bonds is 10. The minimum absolute atomic E-state index is 0.0154. The molecule has 0 bridgehead atoms. The van der Waals surface area contributed by atoms with E-state index >= 15 is 0 Å². The highest BCUT2D eigenvalue weighted by Crippen LogP contribution is 2.03. The summed E-state index contributed by atoms with van der Waals surface area (Å²) < 4.78 is 0. The molecule has 0 saturated heterocycles. The Morgan fingerprint density at radius 3 is 2.13 bits per heavy atom. The van der Waals surface area contributed by atoms with Crippen LogP contribution < -0.4 is 10.6 Å². The first-order valence-corrected chi connectivity index (χ1v) is 7.68. The van der Waals surface area contributed by atoms with Gasteiger partial charge in [-0.1, -0.05) is 13.8 Å². The maximum Gasteiger partial charge on any atom is 0.326 e. The number of carboxylic acid groups (broad SMARTS) is 1. The molecule has 0 radical (unpaired) electrons. The van der Waals surface area contributed by atoms with Gasteiger partial charge >= 0.3 is 5.97 Å². The Morgan fingerprint density at radius 2 is 1.65 bits per heavy atom. The monoisotopic (exact) mass is 329 g/mol. The molecule has 8 heteroatoms. The summed E-state index contributed by atoms with van der Waals surface area (Å²) >= 11 is 0. The van der Waals surface area contributed by atoms with Crippen molar-refractivity contribution in [2.75, 3.05) is 19.6 Å². The summed E-state index contributed by atoms with van der Waals surface area (Å²) in [7, 11) is 0. The van der Waals surface area contributed by atoms with Gasteiger partial charge in [-0.05, 0) is 12.8 Å². The lowest BCUT2D eigenvalue weighted by atomic mass is 10.1. The summed E-state index contributed by atoms with van der Waals surface area (Å²) in [5.74, 6) is -1.66. The van der Waals surface area contributed by atoms with Crippen LogP contribution in [0.15, 0.2) is 0 Å². The molecule has 0 aliphatic carbocycles. The van der Waals surface area contributed by atoms with Crippen LogP contribution in [0, 0.1) is 5.92 Å². The zero-order valence-electron chi connectivity index (χ0n) is 14.2. The number of carbonyl (C=O) groups is 4. The van der Waals surface area contributed by atoms with Crippen LogP contribution in [-0.2, 0) is 19.2 Å². The van der Waals surface area contributed by atoms with Crippen LogP contribution in [0.1, 0.15) is 40.5 Å². The van der Waals surface area contributed by atoms with Crippen LogP contribution in [0.5, 0.6) is 0 Å². The van der Waals surface area contributed by atoms with Gasteiger partial charge in [0, 0.05) is 39.4 Å². The summed E-state index contributed by atoms with van der Waals surface area (Å²) in [6.45, 7) is 7.03. The highest BCUT2D eigenvalue weighted by atomic mass is 16.4. The van der Waals surface area contributed by atoms with Gasteiger partial charge in [0.05, 0.1) is 0 Å². The molecule has 0 saturated carbocycles. The maximum atomic E-state index is 12.2. The molecule has 1 unspecified atom stereocenters. The second kappa shape index (κ2) is 10.6. The van der Waals surface area contributed by atoms with E-state index < -0.39 is 12.0 Å². The molecule has 3 amide bonds. The molecule has 132 valence electrons. The average Bonchev–Trinajstić information content (AvgIpc) is 2.41. The molecule has 3 N–H and O–H groups in total. The van der Waals surface area contributed by atoms with Crippen molar-refractivity contribution < 1.29 is 24.3 Å². The van der Waals surface area contributed by atoms with Crippen LogP contribution in [0.2, 0.25) is 0 Å². The van der Waals surface area contributed by atoms with Crippen LogP contribution >= 0.6 is 0 Å². The molecule has 0 heterocycles. The van der Waals surface area contributed by atoms with Gasteiger partial charge in [-0.25, -0.2) is 4.79 Å². The summed E-state index contributed by atoms with van der Waals surface area (Å²) in [5, 5.41) is 14.2. The molecule has 0 aromatic rings. The molecule has 0 fully saturated rings. The third kappa shape index (κ3) is 9.49. The molecular formula is C15H27N3O5. The summed E-state index contributed by atoms with van der Waals surface area (Å²) in [5.41, 5.74) is 0. The fourth-order valence-corrected chi connectivity index (χ4v) is 1.92. The lowest BCUT2D eigenvalue weighted by Crippen LogP contribution is -2.47. The summed E-state index contributed by atoms with van der Waals surface area (Å²) in [6, 6.07) is -0.998. The van der Waals surface area contributed by atoms with Gasteiger partial charge in [0.2, 0.25) is 17.7 Å². The summed E-state index contributed by atoms with van der Waals surface area (Å²) in [4.78, 5) is 46.8. The summed E-state index contributed by atoms with van der Waals surface area (Å²) in [6.07, 6.45) is 0.396. The molecule has 8 nitrogen and oxygen atoms in total. The zero-order valence-corrected chi connectivity index (χ0v) is 14.2. The standard InChI is InChI=1S/C15H27N3O5/c1-10(2)9-13(20)17-6-5-14(21)18(11(3)15(22)23)8-7-16-12(4)19/h10-11H,5-9H2,1-4H3,(H,16,19)(H,17,20)(H,22,23). The van der Waals surface area contributed by atoms with E-state index in [-0.39, 0.29) is 49.7 Å². The van der Waals surface area contributed by atoms with Crippen LogP contribution in [0.3, 0.4) is 0 Å². The van der Waals surface area contributed by atoms with E-state index in [2.05, 4.69) is 10.6 Å². The molecule has 23 heavy (non-hydrogen) atoms. The first kappa shape index (κ1) is 20.9. The third-order valence-electron chi connectivity index (χ3n) is 3.13. The van der Waals surface area contributed by atoms with Crippen LogP contribution in [0.4, 0.5) is 0 Å². The van der Waals surface area contributed by atoms with E-state index in [0.29, 0.717) is 6.42 Å². The second-order valence-electron chi connectivity index (χ2n) is 5.78. The fraction of sp³-hybridized carbons (Fsp3) is 0.733.